The minimum atomic E-state index is -0.903. The number of urea groups is 1. The highest BCUT2D eigenvalue weighted by molar-refractivity contribution is 6.09. The quantitative estimate of drug-likeness (QED) is 0.527. The Hall–Kier alpha value is -3.74. The number of amides is 4. The van der Waals surface area contributed by atoms with Gasteiger partial charge in [0.1, 0.15) is 5.54 Å². The number of pyridine rings is 1. The summed E-state index contributed by atoms with van der Waals surface area (Å²) in [4.78, 5) is 44.3. The van der Waals surface area contributed by atoms with Crippen molar-refractivity contribution in [2.75, 3.05) is 13.1 Å². The van der Waals surface area contributed by atoms with Crippen LogP contribution in [-0.2, 0) is 4.79 Å². The normalized spacial score (nSPS) is 19.9. The van der Waals surface area contributed by atoms with Gasteiger partial charge in [-0.1, -0.05) is 61.7 Å². The zero-order valence-corrected chi connectivity index (χ0v) is 20.3. The van der Waals surface area contributed by atoms with Crippen molar-refractivity contribution in [1.29, 1.82) is 0 Å². The molecule has 0 unspecified atom stereocenters. The predicted molar refractivity (Wildman–Crippen MR) is 138 cm³/mol. The number of likely N-dealkylation sites (tertiary alicyclic amines) is 1. The SMILES string of the molecule is O=C1NC(=O)C2(CCN(C(=O)c3cc(-c4ccc(C5CCCCC5)cc4)nc4ccccc34)CC2)N1. The molecule has 2 N–H and O–H groups in total. The van der Waals surface area contributed by atoms with Crippen LogP contribution in [0.4, 0.5) is 4.79 Å². The smallest absolute Gasteiger partial charge is 0.322 e. The van der Waals surface area contributed by atoms with Crippen LogP contribution in [-0.4, -0.2) is 46.4 Å². The van der Waals surface area contributed by atoms with Crippen LogP contribution in [0, 0.1) is 0 Å². The van der Waals surface area contributed by atoms with E-state index in [9.17, 15) is 14.4 Å². The fraction of sp³-hybridized carbons (Fsp3) is 0.379. The monoisotopic (exact) mass is 482 g/mol. The predicted octanol–water partition coefficient (Wildman–Crippen LogP) is 4.76. The third kappa shape index (κ3) is 4.02. The second-order valence-electron chi connectivity index (χ2n) is 10.3. The fourth-order valence-corrected chi connectivity index (χ4v) is 6.00. The Morgan fingerprint density at radius 1 is 0.944 bits per heavy atom. The summed E-state index contributed by atoms with van der Waals surface area (Å²) in [5.41, 5.74) is 3.66. The van der Waals surface area contributed by atoms with Gasteiger partial charge in [-0.25, -0.2) is 9.78 Å². The lowest BCUT2D eigenvalue weighted by molar-refractivity contribution is -0.125. The number of piperidine rings is 1. The molecule has 3 fully saturated rings. The topological polar surface area (TPSA) is 91.4 Å². The van der Waals surface area contributed by atoms with Gasteiger partial charge in [0.25, 0.3) is 11.8 Å². The Morgan fingerprint density at radius 2 is 1.67 bits per heavy atom. The Bertz CT molecular complexity index is 1340. The number of hydrogen-bond acceptors (Lipinski definition) is 4. The highest BCUT2D eigenvalue weighted by Gasteiger charge is 2.48. The molecule has 1 aromatic heterocycles. The molecule has 3 heterocycles. The number of carbonyl (C=O) groups excluding carboxylic acids is 3. The molecule has 1 aliphatic carbocycles. The lowest BCUT2D eigenvalue weighted by Gasteiger charge is -2.37. The summed E-state index contributed by atoms with van der Waals surface area (Å²) in [6, 6.07) is 17.9. The van der Waals surface area contributed by atoms with E-state index in [4.69, 9.17) is 4.98 Å². The Labute approximate surface area is 210 Å². The number of nitrogens with one attached hydrogen (secondary N) is 2. The van der Waals surface area contributed by atoms with Crippen LogP contribution in [0.15, 0.2) is 54.6 Å². The third-order valence-corrected chi connectivity index (χ3v) is 8.15. The number of aromatic nitrogens is 1. The number of nitrogens with zero attached hydrogens (tertiary/aromatic N) is 2. The van der Waals surface area contributed by atoms with E-state index in [0.717, 1.165) is 22.2 Å². The minimum absolute atomic E-state index is 0.0757. The molecule has 0 bridgehead atoms. The average Bonchev–Trinajstić information content (AvgIpc) is 3.20. The van der Waals surface area contributed by atoms with Gasteiger partial charge in [0.2, 0.25) is 0 Å². The Kier molecular flexibility index (Phi) is 5.70. The highest BCUT2D eigenvalue weighted by atomic mass is 16.2. The minimum Gasteiger partial charge on any atom is -0.338 e. The summed E-state index contributed by atoms with van der Waals surface area (Å²) in [5.74, 6) is 0.268. The van der Waals surface area contributed by atoms with Crippen LogP contribution in [0.2, 0.25) is 0 Å². The van der Waals surface area contributed by atoms with Crippen molar-refractivity contribution in [2.24, 2.45) is 0 Å². The van der Waals surface area contributed by atoms with Gasteiger partial charge in [-0.2, -0.15) is 0 Å². The molecule has 6 rings (SSSR count). The second kappa shape index (κ2) is 9.04. The largest absolute Gasteiger partial charge is 0.338 e. The zero-order chi connectivity index (χ0) is 24.7. The van der Waals surface area contributed by atoms with E-state index in [2.05, 4.69) is 34.9 Å². The lowest BCUT2D eigenvalue weighted by atomic mass is 9.84. The molecule has 7 nitrogen and oxygen atoms in total. The molecular weight excluding hydrogens is 452 g/mol. The van der Waals surface area contributed by atoms with Crippen molar-refractivity contribution in [1.82, 2.24) is 20.5 Å². The molecule has 7 heteroatoms. The molecule has 184 valence electrons. The van der Waals surface area contributed by atoms with Gasteiger partial charge in [-0.15, -0.1) is 0 Å². The summed E-state index contributed by atoms with van der Waals surface area (Å²) in [6.07, 6.45) is 7.26. The molecule has 1 saturated carbocycles. The van der Waals surface area contributed by atoms with Gasteiger partial charge < -0.3 is 10.2 Å². The van der Waals surface area contributed by atoms with Gasteiger partial charge in [0, 0.05) is 24.0 Å². The van der Waals surface area contributed by atoms with E-state index >= 15 is 0 Å². The first-order chi connectivity index (χ1) is 17.5. The van der Waals surface area contributed by atoms with Crippen molar-refractivity contribution in [3.63, 3.8) is 0 Å². The first kappa shape index (κ1) is 22.7. The van der Waals surface area contributed by atoms with Crippen molar-refractivity contribution in [3.05, 3.63) is 65.7 Å². The fourth-order valence-electron chi connectivity index (χ4n) is 6.00. The first-order valence-corrected chi connectivity index (χ1v) is 13.0. The number of imide groups is 1. The first-order valence-electron chi connectivity index (χ1n) is 13.0. The maximum Gasteiger partial charge on any atom is 0.322 e. The summed E-state index contributed by atoms with van der Waals surface area (Å²) in [7, 11) is 0. The van der Waals surface area contributed by atoms with Crippen LogP contribution in [0.3, 0.4) is 0 Å². The lowest BCUT2D eigenvalue weighted by Crippen LogP contribution is -2.55. The maximum atomic E-state index is 13.7. The van der Waals surface area contributed by atoms with E-state index in [0.29, 0.717) is 37.4 Å². The number of fused-ring (bicyclic) bond motifs is 1. The number of carbonyl (C=O) groups is 3. The molecule has 2 aromatic carbocycles. The van der Waals surface area contributed by atoms with Crippen molar-refractivity contribution in [2.45, 2.75) is 56.4 Å². The summed E-state index contributed by atoms with van der Waals surface area (Å²) >= 11 is 0. The van der Waals surface area contributed by atoms with Gasteiger partial charge in [0.05, 0.1) is 16.8 Å². The van der Waals surface area contributed by atoms with Gasteiger partial charge in [-0.05, 0) is 49.3 Å². The highest BCUT2D eigenvalue weighted by Crippen LogP contribution is 2.34. The molecule has 3 aliphatic rings. The van der Waals surface area contributed by atoms with E-state index in [1.165, 1.54) is 37.7 Å². The van der Waals surface area contributed by atoms with E-state index < -0.39 is 11.6 Å². The number of benzene rings is 2. The van der Waals surface area contributed by atoms with Crippen molar-refractivity contribution >= 4 is 28.7 Å². The summed E-state index contributed by atoms with van der Waals surface area (Å²) < 4.78 is 0. The zero-order valence-electron chi connectivity index (χ0n) is 20.3. The Balaban J connectivity index is 1.28. The standard InChI is InChI=1S/C29H30N4O3/c34-26(33-16-14-29(15-17-33)27(35)31-28(36)32-29)23-18-25(30-24-9-5-4-8-22(23)24)21-12-10-20(11-13-21)19-6-2-1-3-7-19/h4-5,8-13,18-19H,1-3,6-7,14-17H2,(H2,31,32,35,36). The van der Waals surface area contributed by atoms with E-state index in [-0.39, 0.29) is 11.8 Å². The molecule has 3 aromatic rings. The van der Waals surface area contributed by atoms with Gasteiger partial charge in [0.15, 0.2) is 0 Å². The second-order valence-corrected chi connectivity index (χ2v) is 10.3. The molecule has 1 spiro atoms. The molecule has 4 amide bonds. The number of hydrogen-bond donors (Lipinski definition) is 2. The third-order valence-electron chi connectivity index (χ3n) is 8.15. The molecule has 2 aliphatic heterocycles. The summed E-state index contributed by atoms with van der Waals surface area (Å²) in [6.45, 7) is 0.795. The summed E-state index contributed by atoms with van der Waals surface area (Å²) in [5, 5.41) is 5.90. The van der Waals surface area contributed by atoms with Gasteiger partial charge >= 0.3 is 6.03 Å². The van der Waals surface area contributed by atoms with Gasteiger partial charge in [-0.3, -0.25) is 14.9 Å². The van der Waals surface area contributed by atoms with Crippen LogP contribution in [0.5, 0.6) is 0 Å². The average molecular weight is 483 g/mol. The number of para-hydroxylation sites is 1. The molecule has 36 heavy (non-hydrogen) atoms. The van der Waals surface area contributed by atoms with Crippen LogP contribution >= 0.6 is 0 Å². The van der Waals surface area contributed by atoms with Crippen molar-refractivity contribution < 1.29 is 14.4 Å². The van der Waals surface area contributed by atoms with E-state index in [1.54, 1.807) is 4.90 Å². The van der Waals surface area contributed by atoms with Crippen LogP contribution in [0.1, 0.15) is 66.8 Å². The van der Waals surface area contributed by atoms with Crippen LogP contribution in [0.25, 0.3) is 22.2 Å². The molecule has 0 atom stereocenters. The van der Waals surface area contributed by atoms with Crippen molar-refractivity contribution in [3.8, 4) is 11.3 Å². The maximum absolute atomic E-state index is 13.7. The Morgan fingerprint density at radius 3 is 2.36 bits per heavy atom. The van der Waals surface area contributed by atoms with Crippen LogP contribution < -0.4 is 10.6 Å². The molecular formula is C29H30N4O3. The molecule has 0 radical (unpaired) electrons. The molecule has 2 saturated heterocycles. The number of rotatable bonds is 3. The van der Waals surface area contributed by atoms with E-state index in [1.807, 2.05) is 30.3 Å².